The Bertz CT molecular complexity index is 329. The second-order valence-electron chi connectivity index (χ2n) is 3.76. The lowest BCUT2D eigenvalue weighted by atomic mass is 10.2. The van der Waals surface area contributed by atoms with Crippen molar-refractivity contribution < 1.29 is 4.74 Å². The standard InChI is InChI=1S/C11H17N3O/c1-15-11-6-2-5-10(13-11)14-7-3-4-9(14)8-12/h2,5-6,9H,3-4,7-8,12H2,1H3. The molecule has 2 heterocycles. The second kappa shape index (κ2) is 4.49. The van der Waals surface area contributed by atoms with Crippen molar-refractivity contribution in [3.05, 3.63) is 18.2 Å². The summed E-state index contributed by atoms with van der Waals surface area (Å²) in [5, 5.41) is 0. The molecule has 0 amide bonds. The van der Waals surface area contributed by atoms with Crippen molar-refractivity contribution in [1.29, 1.82) is 0 Å². The number of ether oxygens (including phenoxy) is 1. The topological polar surface area (TPSA) is 51.4 Å². The van der Waals surface area contributed by atoms with E-state index in [0.29, 0.717) is 18.5 Å². The van der Waals surface area contributed by atoms with E-state index >= 15 is 0 Å². The van der Waals surface area contributed by atoms with Crippen molar-refractivity contribution in [2.75, 3.05) is 25.1 Å². The molecule has 1 aromatic heterocycles. The first kappa shape index (κ1) is 10.2. The maximum atomic E-state index is 5.73. The Morgan fingerprint density at radius 3 is 3.20 bits per heavy atom. The zero-order chi connectivity index (χ0) is 10.7. The number of hydrogen-bond acceptors (Lipinski definition) is 4. The van der Waals surface area contributed by atoms with Gasteiger partial charge >= 0.3 is 0 Å². The van der Waals surface area contributed by atoms with E-state index in [0.717, 1.165) is 18.8 Å². The summed E-state index contributed by atoms with van der Waals surface area (Å²) in [4.78, 5) is 6.69. The third kappa shape index (κ3) is 2.04. The van der Waals surface area contributed by atoms with Gasteiger partial charge in [-0.25, -0.2) is 0 Å². The smallest absolute Gasteiger partial charge is 0.214 e. The van der Waals surface area contributed by atoms with Gasteiger partial charge in [0.05, 0.1) is 7.11 Å². The molecule has 0 spiro atoms. The van der Waals surface area contributed by atoms with Crippen molar-refractivity contribution in [3.8, 4) is 5.88 Å². The van der Waals surface area contributed by atoms with E-state index in [9.17, 15) is 0 Å². The zero-order valence-electron chi connectivity index (χ0n) is 9.02. The van der Waals surface area contributed by atoms with Crippen LogP contribution >= 0.6 is 0 Å². The average Bonchev–Trinajstić information content (AvgIpc) is 2.77. The van der Waals surface area contributed by atoms with Crippen molar-refractivity contribution in [2.45, 2.75) is 18.9 Å². The quantitative estimate of drug-likeness (QED) is 0.804. The van der Waals surface area contributed by atoms with Crippen molar-refractivity contribution in [2.24, 2.45) is 5.73 Å². The normalized spacial score (nSPS) is 20.7. The molecule has 0 aliphatic carbocycles. The van der Waals surface area contributed by atoms with E-state index < -0.39 is 0 Å². The van der Waals surface area contributed by atoms with E-state index in [1.807, 2.05) is 18.2 Å². The number of rotatable bonds is 3. The minimum absolute atomic E-state index is 0.435. The van der Waals surface area contributed by atoms with Crippen LogP contribution in [-0.2, 0) is 0 Å². The number of nitrogens with zero attached hydrogens (tertiary/aromatic N) is 2. The van der Waals surface area contributed by atoms with Crippen LogP contribution < -0.4 is 15.4 Å². The monoisotopic (exact) mass is 207 g/mol. The van der Waals surface area contributed by atoms with Gasteiger partial charge in [-0.15, -0.1) is 0 Å². The largest absolute Gasteiger partial charge is 0.481 e. The van der Waals surface area contributed by atoms with Gasteiger partial charge < -0.3 is 15.4 Å². The highest BCUT2D eigenvalue weighted by Gasteiger charge is 2.24. The van der Waals surface area contributed by atoms with Gasteiger partial charge in [-0.05, 0) is 18.9 Å². The van der Waals surface area contributed by atoms with Crippen LogP contribution in [0.25, 0.3) is 0 Å². The van der Waals surface area contributed by atoms with Crippen molar-refractivity contribution in [1.82, 2.24) is 4.98 Å². The molecule has 1 unspecified atom stereocenters. The summed E-state index contributed by atoms with van der Waals surface area (Å²) in [5.41, 5.74) is 5.73. The molecular formula is C11H17N3O. The fraction of sp³-hybridized carbons (Fsp3) is 0.545. The molecule has 0 aromatic carbocycles. The van der Waals surface area contributed by atoms with Gasteiger partial charge in [-0.3, -0.25) is 0 Å². The molecule has 4 heteroatoms. The summed E-state index contributed by atoms with van der Waals surface area (Å²) in [6.07, 6.45) is 2.36. The molecule has 1 saturated heterocycles. The first-order valence-corrected chi connectivity index (χ1v) is 5.33. The Hall–Kier alpha value is -1.29. The molecule has 2 rings (SSSR count). The Morgan fingerprint density at radius 2 is 2.47 bits per heavy atom. The van der Waals surface area contributed by atoms with Gasteiger partial charge in [0, 0.05) is 25.2 Å². The second-order valence-corrected chi connectivity index (χ2v) is 3.76. The van der Waals surface area contributed by atoms with Gasteiger partial charge in [0.2, 0.25) is 5.88 Å². The van der Waals surface area contributed by atoms with Crippen LogP contribution in [-0.4, -0.2) is 31.2 Å². The van der Waals surface area contributed by atoms with Crippen LogP contribution in [0.5, 0.6) is 5.88 Å². The molecule has 15 heavy (non-hydrogen) atoms. The highest BCUT2D eigenvalue weighted by atomic mass is 16.5. The highest BCUT2D eigenvalue weighted by molar-refractivity contribution is 5.43. The summed E-state index contributed by atoms with van der Waals surface area (Å²) >= 11 is 0. The Morgan fingerprint density at radius 1 is 1.60 bits per heavy atom. The molecule has 0 bridgehead atoms. The van der Waals surface area contributed by atoms with Gasteiger partial charge in [-0.1, -0.05) is 6.07 Å². The van der Waals surface area contributed by atoms with E-state index in [2.05, 4.69) is 9.88 Å². The van der Waals surface area contributed by atoms with Crippen LogP contribution in [0.1, 0.15) is 12.8 Å². The fourth-order valence-electron chi connectivity index (χ4n) is 2.06. The number of pyridine rings is 1. The lowest BCUT2D eigenvalue weighted by Crippen LogP contribution is -2.35. The third-order valence-electron chi connectivity index (χ3n) is 2.86. The number of aromatic nitrogens is 1. The van der Waals surface area contributed by atoms with Crippen molar-refractivity contribution in [3.63, 3.8) is 0 Å². The molecule has 0 saturated carbocycles. The first-order chi connectivity index (χ1) is 7.35. The van der Waals surface area contributed by atoms with Crippen LogP contribution in [0.4, 0.5) is 5.82 Å². The van der Waals surface area contributed by atoms with Crippen LogP contribution in [0.15, 0.2) is 18.2 Å². The van der Waals surface area contributed by atoms with E-state index in [1.165, 1.54) is 6.42 Å². The molecule has 1 aliphatic heterocycles. The average molecular weight is 207 g/mol. The Kier molecular flexibility index (Phi) is 3.06. The molecule has 4 nitrogen and oxygen atoms in total. The Labute approximate surface area is 90.0 Å². The molecule has 1 aliphatic rings. The highest BCUT2D eigenvalue weighted by Crippen LogP contribution is 2.24. The van der Waals surface area contributed by atoms with Gasteiger partial charge in [-0.2, -0.15) is 4.98 Å². The zero-order valence-corrected chi connectivity index (χ0v) is 9.02. The van der Waals surface area contributed by atoms with Crippen molar-refractivity contribution >= 4 is 5.82 Å². The molecule has 1 fully saturated rings. The van der Waals surface area contributed by atoms with Crippen LogP contribution in [0.2, 0.25) is 0 Å². The lowest BCUT2D eigenvalue weighted by Gasteiger charge is -2.24. The third-order valence-corrected chi connectivity index (χ3v) is 2.86. The molecule has 1 atom stereocenters. The fourth-order valence-corrected chi connectivity index (χ4v) is 2.06. The molecule has 82 valence electrons. The molecule has 1 aromatic rings. The van der Waals surface area contributed by atoms with Gasteiger partial charge in [0.15, 0.2) is 0 Å². The number of anilines is 1. The maximum absolute atomic E-state index is 5.73. The lowest BCUT2D eigenvalue weighted by molar-refractivity contribution is 0.397. The first-order valence-electron chi connectivity index (χ1n) is 5.33. The summed E-state index contributed by atoms with van der Waals surface area (Å²) in [7, 11) is 1.64. The number of nitrogens with two attached hydrogens (primary N) is 1. The SMILES string of the molecule is COc1cccc(N2CCCC2CN)n1. The summed E-state index contributed by atoms with van der Waals surface area (Å²) in [6.45, 7) is 1.74. The maximum Gasteiger partial charge on any atom is 0.214 e. The van der Waals surface area contributed by atoms with Crippen LogP contribution in [0.3, 0.4) is 0 Å². The number of methoxy groups -OCH3 is 1. The van der Waals surface area contributed by atoms with E-state index in [4.69, 9.17) is 10.5 Å². The van der Waals surface area contributed by atoms with E-state index in [-0.39, 0.29) is 0 Å². The summed E-state index contributed by atoms with van der Waals surface area (Å²) in [5.74, 6) is 1.64. The minimum atomic E-state index is 0.435. The molecule has 2 N–H and O–H groups in total. The van der Waals surface area contributed by atoms with Gasteiger partial charge in [0.1, 0.15) is 5.82 Å². The number of hydrogen-bond donors (Lipinski definition) is 1. The minimum Gasteiger partial charge on any atom is -0.481 e. The van der Waals surface area contributed by atoms with Gasteiger partial charge in [0.25, 0.3) is 0 Å². The predicted octanol–water partition coefficient (Wildman–Crippen LogP) is 1.02. The van der Waals surface area contributed by atoms with Crippen LogP contribution in [0, 0.1) is 0 Å². The summed E-state index contributed by atoms with van der Waals surface area (Å²) in [6, 6.07) is 6.27. The predicted molar refractivity (Wildman–Crippen MR) is 60.2 cm³/mol. The van der Waals surface area contributed by atoms with E-state index in [1.54, 1.807) is 7.11 Å². The Balaban J connectivity index is 2.20. The molecule has 0 radical (unpaired) electrons. The summed E-state index contributed by atoms with van der Waals surface area (Å²) < 4.78 is 5.11. The molecular weight excluding hydrogens is 190 g/mol.